The molecule has 4 heterocycles. The van der Waals surface area contributed by atoms with Crippen molar-refractivity contribution in [3.05, 3.63) is 35.5 Å². The van der Waals surface area contributed by atoms with Gasteiger partial charge in [0.05, 0.1) is 25.6 Å². The highest BCUT2D eigenvalue weighted by molar-refractivity contribution is 5.88. The van der Waals surface area contributed by atoms with Gasteiger partial charge >= 0.3 is 0 Å². The normalized spacial score (nSPS) is 18.8. The van der Waals surface area contributed by atoms with E-state index in [1.165, 1.54) is 62.8 Å². The number of aromatic amines is 1. The summed E-state index contributed by atoms with van der Waals surface area (Å²) in [4.78, 5) is 8.89. The number of piperidine rings is 2. The van der Waals surface area contributed by atoms with E-state index in [1.54, 1.807) is 14.2 Å². The molecule has 7 nitrogen and oxygen atoms in total. The first kappa shape index (κ1) is 25.0. The van der Waals surface area contributed by atoms with Crippen LogP contribution in [0.3, 0.4) is 0 Å². The maximum absolute atomic E-state index is 5.54. The number of aromatic nitrogens is 3. The Kier molecular flexibility index (Phi) is 7.49. The maximum atomic E-state index is 5.54. The predicted octanol–water partition coefficient (Wildman–Crippen LogP) is 5.26. The summed E-state index contributed by atoms with van der Waals surface area (Å²) in [5.74, 6) is 1.94. The van der Waals surface area contributed by atoms with Crippen LogP contribution in [0.2, 0.25) is 0 Å². The number of nitrogens with one attached hydrogen (secondary N) is 1. The Hall–Kier alpha value is -2.64. The number of aryl methyl sites for hydroxylation is 1. The zero-order chi connectivity index (χ0) is 25.2. The zero-order valence-corrected chi connectivity index (χ0v) is 22.5. The Bertz CT molecular complexity index is 1170. The van der Waals surface area contributed by atoms with Crippen LogP contribution in [-0.2, 0) is 6.42 Å². The van der Waals surface area contributed by atoms with Crippen LogP contribution in [-0.4, -0.2) is 77.5 Å². The van der Waals surface area contributed by atoms with Gasteiger partial charge in [0, 0.05) is 29.0 Å². The molecule has 0 unspecified atom stereocenters. The molecule has 5 rings (SSSR count). The molecule has 2 saturated heterocycles. The van der Waals surface area contributed by atoms with Gasteiger partial charge in [-0.05, 0) is 102 Å². The van der Waals surface area contributed by atoms with Gasteiger partial charge < -0.3 is 24.3 Å². The Balaban J connectivity index is 1.32. The molecule has 2 aliphatic heterocycles. The zero-order valence-electron chi connectivity index (χ0n) is 22.5. The lowest BCUT2D eigenvalue weighted by Crippen LogP contribution is -2.48. The van der Waals surface area contributed by atoms with Crippen molar-refractivity contribution < 1.29 is 9.47 Å². The summed E-state index contributed by atoms with van der Waals surface area (Å²) >= 11 is 0. The van der Waals surface area contributed by atoms with Gasteiger partial charge in [-0.3, -0.25) is 0 Å². The smallest absolute Gasteiger partial charge is 0.161 e. The number of hydrogen-bond donors (Lipinski definition) is 1. The molecule has 0 saturated carbocycles. The second-order valence-corrected chi connectivity index (χ2v) is 10.6. The summed E-state index contributed by atoms with van der Waals surface area (Å²) in [7, 11) is 3.33. The number of H-pyrrole nitrogens is 1. The molecule has 0 amide bonds. The standard InChI is InChI=1S/C29H41N5O2/c1-6-23-24-18-25(20-9-13-34(14-10-20)22-11-15-33(16-12-22)19(2)3)31-32-29(24)30-28(23)21-7-8-26(35-4)27(17-21)36-5/h7-8,17-20,22H,6,9-16H2,1-5H3,(H,30,32). The molecule has 1 aromatic carbocycles. The van der Waals surface area contributed by atoms with Crippen molar-refractivity contribution in [3.8, 4) is 22.8 Å². The molecule has 3 aromatic rings. The highest BCUT2D eigenvalue weighted by atomic mass is 16.5. The van der Waals surface area contributed by atoms with Gasteiger partial charge in [-0.1, -0.05) is 6.92 Å². The molecule has 2 fully saturated rings. The fraction of sp³-hybridized carbons (Fsp3) is 0.586. The topological polar surface area (TPSA) is 66.5 Å². The number of rotatable bonds is 7. The lowest BCUT2D eigenvalue weighted by molar-refractivity contribution is 0.0749. The average molecular weight is 492 g/mol. The van der Waals surface area contributed by atoms with Crippen molar-refractivity contribution >= 4 is 11.0 Å². The van der Waals surface area contributed by atoms with Crippen LogP contribution >= 0.6 is 0 Å². The number of nitrogens with zero attached hydrogens (tertiary/aromatic N) is 4. The molecule has 2 aromatic heterocycles. The number of hydrogen-bond acceptors (Lipinski definition) is 6. The summed E-state index contributed by atoms with van der Waals surface area (Å²) in [6.45, 7) is 11.6. The van der Waals surface area contributed by atoms with Crippen molar-refractivity contribution in [3.63, 3.8) is 0 Å². The van der Waals surface area contributed by atoms with Crippen molar-refractivity contribution in [2.24, 2.45) is 0 Å². The first-order valence-electron chi connectivity index (χ1n) is 13.6. The second kappa shape index (κ2) is 10.8. The highest BCUT2D eigenvalue weighted by Gasteiger charge is 2.30. The largest absolute Gasteiger partial charge is 0.493 e. The van der Waals surface area contributed by atoms with Crippen LogP contribution in [0, 0.1) is 0 Å². The van der Waals surface area contributed by atoms with E-state index >= 15 is 0 Å². The minimum atomic E-state index is 0.484. The van der Waals surface area contributed by atoms with Crippen LogP contribution in [0.1, 0.15) is 63.6 Å². The quantitative estimate of drug-likeness (QED) is 0.487. The van der Waals surface area contributed by atoms with Crippen LogP contribution in [0.25, 0.3) is 22.3 Å². The Morgan fingerprint density at radius 1 is 0.944 bits per heavy atom. The van der Waals surface area contributed by atoms with Gasteiger partial charge in [0.15, 0.2) is 17.1 Å². The monoisotopic (exact) mass is 491 g/mol. The molecule has 0 atom stereocenters. The van der Waals surface area contributed by atoms with Crippen molar-refractivity contribution in [1.82, 2.24) is 25.0 Å². The number of benzene rings is 1. The second-order valence-electron chi connectivity index (χ2n) is 10.6. The molecular weight excluding hydrogens is 450 g/mol. The van der Waals surface area contributed by atoms with E-state index in [0.717, 1.165) is 46.6 Å². The molecule has 0 spiro atoms. The van der Waals surface area contributed by atoms with E-state index < -0.39 is 0 Å². The third-order valence-electron chi connectivity index (χ3n) is 8.40. The Morgan fingerprint density at radius 3 is 2.31 bits per heavy atom. The van der Waals surface area contributed by atoms with Crippen LogP contribution < -0.4 is 9.47 Å². The highest BCUT2D eigenvalue weighted by Crippen LogP contribution is 2.37. The van der Waals surface area contributed by atoms with Gasteiger partial charge in [-0.2, -0.15) is 5.10 Å². The van der Waals surface area contributed by atoms with Gasteiger partial charge in [0.1, 0.15) is 0 Å². The van der Waals surface area contributed by atoms with E-state index in [-0.39, 0.29) is 0 Å². The maximum Gasteiger partial charge on any atom is 0.161 e. The van der Waals surface area contributed by atoms with E-state index in [2.05, 4.69) is 57.9 Å². The van der Waals surface area contributed by atoms with Crippen molar-refractivity contribution in [2.75, 3.05) is 40.4 Å². The number of likely N-dealkylation sites (tertiary alicyclic amines) is 2. The molecule has 1 N–H and O–H groups in total. The number of methoxy groups -OCH3 is 2. The summed E-state index contributed by atoms with van der Waals surface area (Å²) in [6, 6.07) is 9.76. The first-order valence-corrected chi connectivity index (χ1v) is 13.6. The number of ether oxygens (including phenoxy) is 2. The Morgan fingerprint density at radius 2 is 1.67 bits per heavy atom. The van der Waals surface area contributed by atoms with Gasteiger partial charge in [0.2, 0.25) is 0 Å². The van der Waals surface area contributed by atoms with Crippen LogP contribution in [0.15, 0.2) is 24.3 Å². The summed E-state index contributed by atoms with van der Waals surface area (Å²) < 4.78 is 11.0. The van der Waals surface area contributed by atoms with Gasteiger partial charge in [0.25, 0.3) is 0 Å². The van der Waals surface area contributed by atoms with E-state index in [4.69, 9.17) is 9.47 Å². The third kappa shape index (κ3) is 4.83. The molecule has 194 valence electrons. The third-order valence-corrected chi connectivity index (χ3v) is 8.40. The van der Waals surface area contributed by atoms with Gasteiger partial charge in [-0.15, -0.1) is 5.10 Å². The summed E-state index contributed by atoms with van der Waals surface area (Å²) in [5.41, 5.74) is 5.44. The van der Waals surface area contributed by atoms with E-state index in [0.29, 0.717) is 12.0 Å². The molecule has 36 heavy (non-hydrogen) atoms. The Labute approximate surface area is 215 Å². The molecular formula is C29H41N5O2. The molecule has 0 radical (unpaired) electrons. The molecule has 0 aliphatic carbocycles. The predicted molar refractivity (Wildman–Crippen MR) is 145 cm³/mol. The van der Waals surface area contributed by atoms with Crippen molar-refractivity contribution in [2.45, 2.75) is 70.9 Å². The summed E-state index contributed by atoms with van der Waals surface area (Å²) in [5, 5.41) is 10.5. The minimum absolute atomic E-state index is 0.484. The fourth-order valence-corrected chi connectivity index (χ4v) is 6.19. The average Bonchev–Trinajstić information content (AvgIpc) is 3.30. The minimum Gasteiger partial charge on any atom is -0.493 e. The first-order chi connectivity index (χ1) is 17.5. The lowest BCUT2D eigenvalue weighted by atomic mass is 9.90. The summed E-state index contributed by atoms with van der Waals surface area (Å²) in [6.07, 6.45) is 5.85. The molecule has 2 aliphatic rings. The van der Waals surface area contributed by atoms with E-state index in [9.17, 15) is 0 Å². The molecule has 0 bridgehead atoms. The van der Waals surface area contributed by atoms with Gasteiger partial charge in [-0.25, -0.2) is 0 Å². The fourth-order valence-electron chi connectivity index (χ4n) is 6.19. The lowest BCUT2D eigenvalue weighted by Gasteiger charge is -2.42. The van der Waals surface area contributed by atoms with Crippen LogP contribution in [0.4, 0.5) is 0 Å². The van der Waals surface area contributed by atoms with E-state index in [1.807, 2.05) is 12.1 Å². The number of fused-ring (bicyclic) bond motifs is 1. The molecule has 7 heteroatoms. The van der Waals surface area contributed by atoms with Crippen molar-refractivity contribution in [1.29, 1.82) is 0 Å². The SMILES string of the molecule is CCc1c(-c2ccc(OC)c(OC)c2)[nH]c2nnc(C3CCN(C4CCN(C(C)C)CC4)CC3)cc12. The van der Waals surface area contributed by atoms with Crippen LogP contribution in [0.5, 0.6) is 11.5 Å².